The lowest BCUT2D eigenvalue weighted by atomic mass is 10.0. The molecule has 0 aromatic carbocycles. The molecular weight excluding hydrogens is 755 g/mol. The first-order chi connectivity index (χ1) is 30.0. The Kier molecular flexibility index (Phi) is 47.1. The first-order valence-electron chi connectivity index (χ1n) is 26.4. The zero-order chi connectivity index (χ0) is 44.5. The SMILES string of the molecule is CCCCC/C=C\C/C=C\C/C=C\C/C=C\CC(CC(=O)NC(CO)C(O)CCCCCCCCCCCCCCCCCC)OC(=O)CCCCCCCCCCCCC. The van der Waals surface area contributed by atoms with Crippen LogP contribution in [0.5, 0.6) is 0 Å². The Morgan fingerprint density at radius 3 is 1.31 bits per heavy atom. The van der Waals surface area contributed by atoms with Gasteiger partial charge in [-0.3, -0.25) is 9.59 Å². The van der Waals surface area contributed by atoms with Crippen molar-refractivity contribution >= 4 is 11.9 Å². The van der Waals surface area contributed by atoms with Gasteiger partial charge in [0.25, 0.3) is 0 Å². The van der Waals surface area contributed by atoms with E-state index < -0.39 is 18.2 Å². The van der Waals surface area contributed by atoms with Gasteiger partial charge in [-0.15, -0.1) is 0 Å². The van der Waals surface area contributed by atoms with Crippen molar-refractivity contribution in [3.8, 4) is 0 Å². The van der Waals surface area contributed by atoms with Crippen molar-refractivity contribution in [1.29, 1.82) is 0 Å². The normalized spacial score (nSPS) is 13.6. The predicted octanol–water partition coefficient (Wildman–Crippen LogP) is 15.8. The zero-order valence-electron chi connectivity index (χ0n) is 40.5. The quantitative estimate of drug-likeness (QED) is 0.0322. The Balaban J connectivity index is 4.64. The summed E-state index contributed by atoms with van der Waals surface area (Å²) in [7, 11) is 0. The van der Waals surface area contributed by atoms with Crippen LogP contribution < -0.4 is 5.32 Å². The van der Waals surface area contributed by atoms with Crippen LogP contribution in [0.15, 0.2) is 48.6 Å². The summed E-state index contributed by atoms with van der Waals surface area (Å²) in [5.41, 5.74) is 0. The molecule has 0 heterocycles. The molecule has 0 rings (SSSR count). The van der Waals surface area contributed by atoms with E-state index in [4.69, 9.17) is 4.74 Å². The fourth-order valence-electron chi connectivity index (χ4n) is 7.88. The maximum absolute atomic E-state index is 13.2. The van der Waals surface area contributed by atoms with Gasteiger partial charge in [0.15, 0.2) is 0 Å². The molecule has 6 nitrogen and oxygen atoms in total. The number of nitrogens with one attached hydrogen (secondary N) is 1. The van der Waals surface area contributed by atoms with Crippen molar-refractivity contribution in [3.05, 3.63) is 48.6 Å². The molecule has 0 bridgehead atoms. The van der Waals surface area contributed by atoms with Crippen LogP contribution in [0.4, 0.5) is 0 Å². The lowest BCUT2D eigenvalue weighted by molar-refractivity contribution is -0.150. The number of unbranched alkanes of at least 4 members (excludes halogenated alkanes) is 28. The van der Waals surface area contributed by atoms with E-state index in [0.29, 0.717) is 19.3 Å². The van der Waals surface area contributed by atoms with E-state index in [1.165, 1.54) is 161 Å². The number of allylic oxidation sites excluding steroid dienone is 7. The molecule has 0 spiro atoms. The highest BCUT2D eigenvalue weighted by Crippen LogP contribution is 2.17. The molecule has 0 aromatic rings. The van der Waals surface area contributed by atoms with E-state index in [1.54, 1.807) is 0 Å². The number of hydrogen-bond donors (Lipinski definition) is 3. The third-order valence-electron chi connectivity index (χ3n) is 11.9. The van der Waals surface area contributed by atoms with Crippen LogP contribution in [-0.4, -0.2) is 46.9 Å². The summed E-state index contributed by atoms with van der Waals surface area (Å²) in [6.07, 6.45) is 59.0. The fourth-order valence-corrected chi connectivity index (χ4v) is 7.88. The van der Waals surface area contributed by atoms with Gasteiger partial charge in [0.2, 0.25) is 5.91 Å². The number of carbonyl (C=O) groups is 2. The summed E-state index contributed by atoms with van der Waals surface area (Å²) in [6.45, 7) is 6.43. The monoisotopic (exact) mass is 856 g/mol. The van der Waals surface area contributed by atoms with Crippen LogP contribution in [0.3, 0.4) is 0 Å². The summed E-state index contributed by atoms with van der Waals surface area (Å²) in [6, 6.07) is -0.729. The molecule has 0 aromatic heterocycles. The van der Waals surface area contributed by atoms with Gasteiger partial charge in [0.1, 0.15) is 6.10 Å². The minimum absolute atomic E-state index is 0.00425. The minimum atomic E-state index is -0.809. The van der Waals surface area contributed by atoms with Gasteiger partial charge in [0, 0.05) is 12.8 Å². The standard InChI is InChI=1S/C55H101NO5/c1-4-7-10-13-16-19-22-24-26-28-30-33-35-38-41-44-47-53(58)52(50-57)56-54(59)49-51(61-55(60)48-45-42-39-36-31-21-18-15-12-9-6-3)46-43-40-37-34-32-29-27-25-23-20-17-14-11-8-5-2/h17,20,25,27,32,34,40,43,51-53,57-58H,4-16,18-19,21-24,26,28-31,33,35-39,41-42,44-50H2,1-3H3,(H,56,59)/b20-17-,27-25-,34-32-,43-40-. The Morgan fingerprint density at radius 1 is 0.492 bits per heavy atom. The molecule has 0 saturated carbocycles. The van der Waals surface area contributed by atoms with E-state index in [2.05, 4.69) is 68.6 Å². The number of amides is 1. The highest BCUT2D eigenvalue weighted by atomic mass is 16.5. The summed E-state index contributed by atoms with van der Waals surface area (Å²) >= 11 is 0. The Hall–Kier alpha value is -2.18. The number of aliphatic hydroxyl groups excluding tert-OH is 2. The van der Waals surface area contributed by atoms with Crippen molar-refractivity contribution in [2.24, 2.45) is 0 Å². The molecule has 3 N–H and O–H groups in total. The topological polar surface area (TPSA) is 95.9 Å². The van der Waals surface area contributed by atoms with Crippen molar-refractivity contribution in [2.75, 3.05) is 6.61 Å². The van der Waals surface area contributed by atoms with Crippen LogP contribution >= 0.6 is 0 Å². The Morgan fingerprint density at radius 2 is 0.869 bits per heavy atom. The summed E-state index contributed by atoms with van der Waals surface area (Å²) in [5.74, 6) is -0.569. The van der Waals surface area contributed by atoms with Crippen LogP contribution in [-0.2, 0) is 14.3 Å². The van der Waals surface area contributed by atoms with Crippen LogP contribution in [0.1, 0.15) is 265 Å². The van der Waals surface area contributed by atoms with Gasteiger partial charge in [-0.25, -0.2) is 0 Å². The van der Waals surface area contributed by atoms with E-state index in [9.17, 15) is 19.8 Å². The van der Waals surface area contributed by atoms with Gasteiger partial charge in [-0.1, -0.05) is 249 Å². The molecule has 0 fully saturated rings. The second-order valence-corrected chi connectivity index (χ2v) is 17.9. The van der Waals surface area contributed by atoms with Gasteiger partial charge in [-0.2, -0.15) is 0 Å². The molecule has 61 heavy (non-hydrogen) atoms. The first kappa shape index (κ1) is 58.8. The number of carbonyl (C=O) groups excluding carboxylic acids is 2. The molecule has 6 heteroatoms. The molecule has 0 radical (unpaired) electrons. The van der Waals surface area contributed by atoms with Crippen molar-refractivity contribution < 1.29 is 24.5 Å². The van der Waals surface area contributed by atoms with Crippen LogP contribution in [0, 0.1) is 0 Å². The third-order valence-corrected chi connectivity index (χ3v) is 11.9. The third kappa shape index (κ3) is 44.2. The molecule has 0 aliphatic heterocycles. The summed E-state index contributed by atoms with van der Waals surface area (Å²) in [5, 5.41) is 23.8. The maximum Gasteiger partial charge on any atom is 0.306 e. The van der Waals surface area contributed by atoms with E-state index >= 15 is 0 Å². The maximum atomic E-state index is 13.2. The molecular formula is C55H101NO5. The minimum Gasteiger partial charge on any atom is -0.461 e. The highest BCUT2D eigenvalue weighted by Gasteiger charge is 2.23. The largest absolute Gasteiger partial charge is 0.461 e. The van der Waals surface area contributed by atoms with Crippen LogP contribution in [0.2, 0.25) is 0 Å². The van der Waals surface area contributed by atoms with Gasteiger partial charge < -0.3 is 20.3 Å². The van der Waals surface area contributed by atoms with E-state index in [1.807, 2.05) is 6.08 Å². The molecule has 3 unspecified atom stereocenters. The second kappa shape index (κ2) is 48.8. The van der Waals surface area contributed by atoms with Gasteiger partial charge in [-0.05, 0) is 44.9 Å². The lowest BCUT2D eigenvalue weighted by Crippen LogP contribution is -2.46. The average Bonchev–Trinajstić information content (AvgIpc) is 3.25. The van der Waals surface area contributed by atoms with E-state index in [0.717, 1.165) is 57.8 Å². The average molecular weight is 856 g/mol. The molecule has 0 saturated heterocycles. The number of hydrogen-bond acceptors (Lipinski definition) is 5. The highest BCUT2D eigenvalue weighted by molar-refractivity contribution is 5.77. The smallest absolute Gasteiger partial charge is 0.306 e. The van der Waals surface area contributed by atoms with Crippen LogP contribution in [0.25, 0.3) is 0 Å². The predicted molar refractivity (Wildman–Crippen MR) is 264 cm³/mol. The van der Waals surface area contributed by atoms with Crippen molar-refractivity contribution in [1.82, 2.24) is 5.32 Å². The Labute approximate surface area is 378 Å². The number of esters is 1. The summed E-state index contributed by atoms with van der Waals surface area (Å²) in [4.78, 5) is 26.1. The molecule has 1 amide bonds. The molecule has 0 aliphatic carbocycles. The number of ether oxygens (including phenoxy) is 1. The van der Waals surface area contributed by atoms with Gasteiger partial charge >= 0.3 is 5.97 Å². The molecule has 3 atom stereocenters. The molecule has 0 aliphatic rings. The number of rotatable bonds is 47. The van der Waals surface area contributed by atoms with Crippen molar-refractivity contribution in [3.63, 3.8) is 0 Å². The lowest BCUT2D eigenvalue weighted by Gasteiger charge is -2.24. The zero-order valence-corrected chi connectivity index (χ0v) is 40.5. The van der Waals surface area contributed by atoms with Gasteiger partial charge in [0.05, 0.1) is 25.2 Å². The second-order valence-electron chi connectivity index (χ2n) is 17.9. The fraction of sp³-hybridized carbons (Fsp3) is 0.818. The number of aliphatic hydroxyl groups is 2. The molecule has 356 valence electrons. The summed E-state index contributed by atoms with van der Waals surface area (Å²) < 4.78 is 5.86. The first-order valence-corrected chi connectivity index (χ1v) is 26.4. The Bertz CT molecular complexity index is 1050. The van der Waals surface area contributed by atoms with Crippen molar-refractivity contribution in [2.45, 2.75) is 283 Å². The van der Waals surface area contributed by atoms with E-state index in [-0.39, 0.29) is 24.9 Å².